The molecule has 9 heteroatoms. The Labute approximate surface area is 212 Å². The predicted molar refractivity (Wildman–Crippen MR) is 140 cm³/mol. The lowest BCUT2D eigenvalue weighted by molar-refractivity contribution is -0.118. The number of amides is 1. The first-order valence-electron chi connectivity index (χ1n) is 11.7. The van der Waals surface area contributed by atoms with Crippen molar-refractivity contribution in [1.82, 2.24) is 9.62 Å². The molecule has 0 radical (unpaired) electrons. The summed E-state index contributed by atoms with van der Waals surface area (Å²) in [6.07, 6.45) is -0.898. The topological polar surface area (TPSA) is 122 Å². The van der Waals surface area contributed by atoms with E-state index in [0.29, 0.717) is 12.1 Å². The van der Waals surface area contributed by atoms with Crippen molar-refractivity contribution in [2.45, 2.75) is 30.9 Å². The Morgan fingerprint density at radius 2 is 1.58 bits per heavy atom. The van der Waals surface area contributed by atoms with Crippen molar-refractivity contribution in [3.05, 3.63) is 102 Å². The van der Waals surface area contributed by atoms with Gasteiger partial charge in [-0.2, -0.15) is 4.31 Å². The average molecular weight is 512 g/mol. The number of nitrogens with zero attached hydrogens (tertiary/aromatic N) is 1. The molecule has 0 spiro atoms. The number of benzene rings is 3. The Bertz CT molecular complexity index is 1210. The Morgan fingerprint density at radius 1 is 0.972 bits per heavy atom. The van der Waals surface area contributed by atoms with Crippen LogP contribution >= 0.6 is 0 Å². The summed E-state index contributed by atoms with van der Waals surface area (Å²) in [6, 6.07) is 24.6. The van der Waals surface area contributed by atoms with Gasteiger partial charge in [0.1, 0.15) is 5.75 Å². The lowest BCUT2D eigenvalue weighted by Crippen LogP contribution is -2.53. The zero-order chi connectivity index (χ0) is 26.0. The number of carbonyl (C=O) groups is 1. The number of rotatable bonds is 14. The second kappa shape index (κ2) is 13.2. The molecule has 8 nitrogen and oxygen atoms in total. The summed E-state index contributed by atoms with van der Waals surface area (Å²) in [5.74, 6) is -0.381. The minimum Gasteiger partial charge on any atom is -0.497 e. The van der Waals surface area contributed by atoms with E-state index in [1.54, 1.807) is 37.4 Å². The lowest BCUT2D eigenvalue weighted by Gasteiger charge is -2.33. The van der Waals surface area contributed by atoms with Crippen LogP contribution in [0.25, 0.3) is 0 Å². The van der Waals surface area contributed by atoms with Crippen molar-refractivity contribution < 1.29 is 23.1 Å². The van der Waals surface area contributed by atoms with Crippen LogP contribution < -0.4 is 15.8 Å². The quantitative estimate of drug-likeness (QED) is 0.305. The summed E-state index contributed by atoms with van der Waals surface area (Å²) < 4.78 is 33.3. The fourth-order valence-corrected chi connectivity index (χ4v) is 5.74. The van der Waals surface area contributed by atoms with E-state index in [1.165, 1.54) is 0 Å². The van der Waals surface area contributed by atoms with Gasteiger partial charge in [-0.3, -0.25) is 4.79 Å². The van der Waals surface area contributed by atoms with Gasteiger partial charge in [-0.05, 0) is 35.2 Å². The molecule has 3 aromatic rings. The summed E-state index contributed by atoms with van der Waals surface area (Å²) in [4.78, 5) is 12.0. The van der Waals surface area contributed by atoms with Crippen LogP contribution in [0.5, 0.6) is 5.75 Å². The van der Waals surface area contributed by atoms with Crippen LogP contribution in [0.4, 0.5) is 0 Å². The van der Waals surface area contributed by atoms with Gasteiger partial charge in [-0.15, -0.1) is 0 Å². The van der Waals surface area contributed by atoms with Crippen molar-refractivity contribution in [2.75, 3.05) is 20.2 Å². The molecule has 0 heterocycles. The van der Waals surface area contributed by atoms with E-state index in [0.717, 1.165) is 21.2 Å². The standard InChI is InChI=1S/C27H33N3O5S/c1-35-24-14-8-13-23(15-24)17-29-18-26(31)25(16-21-9-4-2-5-10-21)30(19-27(28)32)36(33,34)20-22-11-6-3-7-12-22/h2-15,25-26,29,31H,16-20H2,1H3,(H2,28,32)/t25-,26+/m0/s1. The van der Waals surface area contributed by atoms with Crippen molar-refractivity contribution in [1.29, 1.82) is 0 Å². The van der Waals surface area contributed by atoms with Gasteiger partial charge in [0, 0.05) is 13.1 Å². The van der Waals surface area contributed by atoms with Gasteiger partial charge in [-0.25, -0.2) is 8.42 Å². The molecule has 1 amide bonds. The molecular weight excluding hydrogens is 478 g/mol. The second-order valence-electron chi connectivity index (χ2n) is 8.56. The molecule has 3 rings (SSSR count). The zero-order valence-electron chi connectivity index (χ0n) is 20.3. The van der Waals surface area contributed by atoms with Crippen LogP contribution in [0.3, 0.4) is 0 Å². The number of hydrogen-bond acceptors (Lipinski definition) is 6. The van der Waals surface area contributed by atoms with Crippen LogP contribution in [-0.2, 0) is 33.5 Å². The number of sulfonamides is 1. The van der Waals surface area contributed by atoms with E-state index in [1.807, 2.05) is 54.6 Å². The molecule has 2 atom stereocenters. The highest BCUT2D eigenvalue weighted by atomic mass is 32.2. The monoisotopic (exact) mass is 511 g/mol. The fraction of sp³-hybridized carbons (Fsp3) is 0.296. The highest BCUT2D eigenvalue weighted by Gasteiger charge is 2.35. The summed E-state index contributed by atoms with van der Waals surface area (Å²) in [7, 11) is -2.40. The zero-order valence-corrected chi connectivity index (χ0v) is 21.1. The Morgan fingerprint density at radius 3 is 2.19 bits per heavy atom. The number of primary amides is 1. The number of nitrogens with one attached hydrogen (secondary N) is 1. The maximum atomic E-state index is 13.5. The summed E-state index contributed by atoms with van der Waals surface area (Å²) >= 11 is 0. The van der Waals surface area contributed by atoms with Crippen LogP contribution in [0.1, 0.15) is 16.7 Å². The molecule has 0 aromatic heterocycles. The van der Waals surface area contributed by atoms with Gasteiger partial charge in [0.05, 0.1) is 31.6 Å². The number of aliphatic hydroxyl groups excluding tert-OH is 1. The maximum absolute atomic E-state index is 13.5. The third kappa shape index (κ3) is 8.17. The van der Waals surface area contributed by atoms with Gasteiger partial charge < -0.3 is 20.9 Å². The smallest absolute Gasteiger partial charge is 0.232 e. The number of ether oxygens (including phenoxy) is 1. The van der Waals surface area contributed by atoms with Crippen LogP contribution in [-0.4, -0.2) is 56.1 Å². The highest BCUT2D eigenvalue weighted by Crippen LogP contribution is 2.20. The molecule has 192 valence electrons. The first-order chi connectivity index (χ1) is 17.3. The molecule has 0 unspecified atom stereocenters. The van der Waals surface area contributed by atoms with Crippen LogP contribution in [0, 0.1) is 0 Å². The molecule has 0 aliphatic heterocycles. The van der Waals surface area contributed by atoms with E-state index in [9.17, 15) is 18.3 Å². The largest absolute Gasteiger partial charge is 0.497 e. The number of carbonyl (C=O) groups excluding carboxylic acids is 1. The van der Waals surface area contributed by atoms with Gasteiger partial charge >= 0.3 is 0 Å². The van der Waals surface area contributed by atoms with E-state index in [2.05, 4.69) is 5.32 Å². The molecular formula is C27H33N3O5S. The molecule has 4 N–H and O–H groups in total. The van der Waals surface area contributed by atoms with Crippen molar-refractivity contribution in [3.63, 3.8) is 0 Å². The molecule has 0 aliphatic carbocycles. The lowest BCUT2D eigenvalue weighted by atomic mass is 10.0. The van der Waals surface area contributed by atoms with E-state index in [4.69, 9.17) is 10.5 Å². The van der Waals surface area contributed by atoms with Gasteiger partial charge in [0.25, 0.3) is 0 Å². The van der Waals surface area contributed by atoms with Crippen LogP contribution in [0.15, 0.2) is 84.9 Å². The second-order valence-corrected chi connectivity index (χ2v) is 10.5. The summed E-state index contributed by atoms with van der Waals surface area (Å²) in [5, 5.41) is 14.4. The van der Waals surface area contributed by atoms with E-state index in [-0.39, 0.29) is 18.7 Å². The molecule has 0 aliphatic rings. The van der Waals surface area contributed by atoms with Crippen molar-refractivity contribution in [2.24, 2.45) is 5.73 Å². The Hall–Kier alpha value is -3.24. The Balaban J connectivity index is 1.84. The molecule has 36 heavy (non-hydrogen) atoms. The van der Waals surface area contributed by atoms with Crippen molar-refractivity contribution >= 4 is 15.9 Å². The molecule has 0 saturated carbocycles. The van der Waals surface area contributed by atoms with Gasteiger partial charge in [-0.1, -0.05) is 72.8 Å². The summed E-state index contributed by atoms with van der Waals surface area (Å²) in [6.45, 7) is 0.0172. The number of nitrogens with two attached hydrogens (primary N) is 1. The van der Waals surface area contributed by atoms with Crippen molar-refractivity contribution in [3.8, 4) is 5.75 Å². The summed E-state index contributed by atoms with van der Waals surface area (Å²) in [5.41, 5.74) is 7.83. The van der Waals surface area contributed by atoms with E-state index < -0.39 is 34.6 Å². The van der Waals surface area contributed by atoms with Gasteiger partial charge in [0.2, 0.25) is 15.9 Å². The van der Waals surface area contributed by atoms with E-state index >= 15 is 0 Å². The fourth-order valence-electron chi connectivity index (χ4n) is 4.01. The first-order valence-corrected chi connectivity index (χ1v) is 13.3. The highest BCUT2D eigenvalue weighted by molar-refractivity contribution is 7.88. The Kier molecular flexibility index (Phi) is 10.0. The number of methoxy groups -OCH3 is 1. The first kappa shape index (κ1) is 27.3. The van der Waals surface area contributed by atoms with Gasteiger partial charge in [0.15, 0.2) is 0 Å². The normalized spacial score (nSPS) is 13.3. The number of hydrogen-bond donors (Lipinski definition) is 3. The predicted octanol–water partition coefficient (Wildman–Crippen LogP) is 2.07. The number of aliphatic hydroxyl groups is 1. The SMILES string of the molecule is COc1cccc(CNC[C@@H](O)[C@H](Cc2ccccc2)N(CC(N)=O)S(=O)(=O)Cc2ccccc2)c1. The minimum atomic E-state index is -3.99. The third-order valence-corrected chi connectivity index (χ3v) is 7.59. The molecule has 0 saturated heterocycles. The average Bonchev–Trinajstić information content (AvgIpc) is 2.87. The molecule has 0 bridgehead atoms. The molecule has 3 aromatic carbocycles. The third-order valence-electron chi connectivity index (χ3n) is 5.78. The minimum absolute atomic E-state index is 0.102. The molecule has 0 fully saturated rings. The maximum Gasteiger partial charge on any atom is 0.232 e. The van der Waals surface area contributed by atoms with Crippen LogP contribution in [0.2, 0.25) is 0 Å².